The number of anilines is 1. The number of aromatic nitrogens is 4. The number of amides is 1. The van der Waals surface area contributed by atoms with Crippen molar-refractivity contribution >= 4 is 62.6 Å². The van der Waals surface area contributed by atoms with Crippen LogP contribution in [0.4, 0.5) is 5.69 Å². The van der Waals surface area contributed by atoms with E-state index in [0.29, 0.717) is 67.5 Å². The van der Waals surface area contributed by atoms with Gasteiger partial charge in [-0.25, -0.2) is 14.8 Å². The van der Waals surface area contributed by atoms with Gasteiger partial charge in [-0.05, 0) is 108 Å². The van der Waals surface area contributed by atoms with Crippen molar-refractivity contribution in [1.29, 1.82) is 0 Å². The van der Waals surface area contributed by atoms with Crippen LogP contribution < -0.4 is 9.64 Å². The minimum Gasteiger partial charge on any atom is -0.494 e. The van der Waals surface area contributed by atoms with Crippen molar-refractivity contribution in [3.8, 4) is 16.9 Å². The number of ether oxygens (including phenoxy) is 2. The molecule has 61 heavy (non-hydrogen) atoms. The van der Waals surface area contributed by atoms with Gasteiger partial charge >= 0.3 is 5.97 Å². The zero-order valence-electron chi connectivity index (χ0n) is 35.9. The third-order valence-corrected chi connectivity index (χ3v) is 13.2. The van der Waals surface area contributed by atoms with E-state index in [4.69, 9.17) is 42.6 Å². The molecule has 1 fully saturated rings. The highest BCUT2D eigenvalue weighted by molar-refractivity contribution is 6.35. The SMILES string of the molecule is COCCn1cc(N2CC(C)n3c(c(CCCOc4cc(C)c(Cl)c(C)c4)c4ccc(Cl)c(-c5c(C)nc(CN6CCN(C)CC6)nc5C)c43)C2=O)c2cc(C(=O)O)ccc21. The first kappa shape index (κ1) is 42.7. The number of hydrogen-bond acceptors (Lipinski definition) is 8. The molecule has 1 atom stereocenters. The summed E-state index contributed by atoms with van der Waals surface area (Å²) in [6.07, 6.45) is 3.12. The van der Waals surface area contributed by atoms with Crippen LogP contribution >= 0.6 is 23.2 Å². The van der Waals surface area contributed by atoms with Crippen LogP contribution in [-0.2, 0) is 24.2 Å². The molecule has 1 unspecified atom stereocenters. The molecule has 1 N–H and O–H groups in total. The molecule has 3 aromatic carbocycles. The summed E-state index contributed by atoms with van der Waals surface area (Å²) in [6, 6.07) is 12.7. The van der Waals surface area contributed by atoms with Crippen molar-refractivity contribution in [2.24, 2.45) is 0 Å². The molecule has 0 spiro atoms. The molecule has 6 aromatic rings. The summed E-state index contributed by atoms with van der Waals surface area (Å²) >= 11 is 13.7. The summed E-state index contributed by atoms with van der Waals surface area (Å²) in [5.41, 5.74) is 9.23. The number of methoxy groups -OCH3 is 1. The smallest absolute Gasteiger partial charge is 0.335 e. The average Bonchev–Trinajstić information content (AvgIpc) is 3.76. The van der Waals surface area contributed by atoms with Gasteiger partial charge in [0.25, 0.3) is 5.91 Å². The van der Waals surface area contributed by atoms with Crippen molar-refractivity contribution in [2.45, 2.75) is 66.6 Å². The lowest BCUT2D eigenvalue weighted by Gasteiger charge is -2.34. The molecule has 1 amide bonds. The third kappa shape index (κ3) is 8.12. The number of rotatable bonds is 13. The van der Waals surface area contributed by atoms with Gasteiger partial charge in [0.15, 0.2) is 0 Å². The summed E-state index contributed by atoms with van der Waals surface area (Å²) in [4.78, 5) is 44.2. The van der Waals surface area contributed by atoms with Gasteiger partial charge in [-0.1, -0.05) is 29.3 Å². The van der Waals surface area contributed by atoms with Crippen LogP contribution in [0.3, 0.4) is 0 Å². The van der Waals surface area contributed by atoms with E-state index in [-0.39, 0.29) is 17.5 Å². The molecular weight excluding hydrogens is 813 g/mol. The molecule has 12 nitrogen and oxygen atoms in total. The molecule has 2 aliphatic rings. The summed E-state index contributed by atoms with van der Waals surface area (Å²) in [7, 11) is 3.79. The van der Waals surface area contributed by atoms with Gasteiger partial charge in [0.1, 0.15) is 17.3 Å². The Morgan fingerprint density at radius 3 is 2.30 bits per heavy atom. The zero-order valence-corrected chi connectivity index (χ0v) is 37.5. The van der Waals surface area contributed by atoms with E-state index in [1.807, 2.05) is 67.6 Å². The fourth-order valence-electron chi connectivity index (χ4n) is 9.23. The number of piperazine rings is 1. The van der Waals surface area contributed by atoms with E-state index in [9.17, 15) is 9.90 Å². The van der Waals surface area contributed by atoms with Crippen LogP contribution in [0.5, 0.6) is 5.75 Å². The van der Waals surface area contributed by atoms with E-state index in [1.165, 1.54) is 0 Å². The van der Waals surface area contributed by atoms with E-state index in [2.05, 4.69) is 28.3 Å². The lowest BCUT2D eigenvalue weighted by molar-refractivity contribution is 0.0696. The summed E-state index contributed by atoms with van der Waals surface area (Å²) in [6.45, 7) is 16.5. The molecule has 3 aromatic heterocycles. The van der Waals surface area contributed by atoms with Crippen molar-refractivity contribution in [3.05, 3.63) is 104 Å². The number of carbonyl (C=O) groups excluding carboxylic acids is 1. The normalized spacial score (nSPS) is 16.2. The molecule has 0 saturated carbocycles. The van der Waals surface area contributed by atoms with Crippen molar-refractivity contribution < 1.29 is 24.2 Å². The van der Waals surface area contributed by atoms with Gasteiger partial charge in [0, 0.05) is 96.9 Å². The number of carboxylic acids is 1. The third-order valence-electron chi connectivity index (χ3n) is 12.3. The second kappa shape index (κ2) is 17.4. The standard InChI is InChI=1S/C47H53Cl2N7O5/c1-27-21-33(22-28(2)43(27)49)61-19-8-9-34-35-11-12-37(48)42(41-30(4)50-40(51-31(41)5)26-53-16-14-52(6)15-17-53)44(35)56-29(3)24-55(46(57)45(34)56)39-25-54(18-20-60-7)38-13-10-32(47(58)59)23-36(38)39/h10-13,21-23,25,29H,8-9,14-20,24,26H2,1-7H3,(H,58,59). The monoisotopic (exact) mass is 865 g/mol. The molecule has 0 radical (unpaired) electrons. The van der Waals surface area contributed by atoms with E-state index < -0.39 is 5.97 Å². The Hall–Kier alpha value is -4.98. The Kier molecular flexibility index (Phi) is 12.2. The second-order valence-corrected chi connectivity index (χ2v) is 17.4. The van der Waals surface area contributed by atoms with Crippen molar-refractivity contribution in [2.75, 3.05) is 65.0 Å². The highest BCUT2D eigenvalue weighted by Gasteiger charge is 2.38. The van der Waals surface area contributed by atoms with E-state index in [0.717, 1.165) is 98.4 Å². The number of likely N-dealkylation sites (N-methyl/N-ethyl adjacent to an activating group) is 1. The Labute approximate surface area is 366 Å². The molecule has 5 heterocycles. The van der Waals surface area contributed by atoms with Crippen LogP contribution in [0.1, 0.15) is 74.1 Å². The highest BCUT2D eigenvalue weighted by Crippen LogP contribution is 2.45. The maximum absolute atomic E-state index is 15.4. The fraction of sp³-hybridized carbons (Fsp3) is 0.404. The molecule has 0 bridgehead atoms. The molecule has 2 aliphatic heterocycles. The van der Waals surface area contributed by atoms with E-state index >= 15 is 4.79 Å². The Morgan fingerprint density at radius 1 is 0.918 bits per heavy atom. The van der Waals surface area contributed by atoms with Crippen LogP contribution in [-0.4, -0.2) is 106 Å². The predicted octanol–water partition coefficient (Wildman–Crippen LogP) is 8.92. The maximum Gasteiger partial charge on any atom is 0.335 e. The Morgan fingerprint density at radius 2 is 1.62 bits per heavy atom. The van der Waals surface area contributed by atoms with Crippen LogP contribution in [0, 0.1) is 27.7 Å². The number of aromatic carboxylic acids is 1. The number of fused-ring (bicyclic) bond motifs is 4. The summed E-state index contributed by atoms with van der Waals surface area (Å²) in [5.74, 6) is 0.330. The minimum atomic E-state index is -1.03. The van der Waals surface area contributed by atoms with Crippen molar-refractivity contribution in [3.63, 3.8) is 0 Å². The largest absolute Gasteiger partial charge is 0.494 e. The van der Waals surface area contributed by atoms with Gasteiger partial charge in [-0.15, -0.1) is 0 Å². The van der Waals surface area contributed by atoms with Gasteiger partial charge in [-0.3, -0.25) is 9.69 Å². The van der Waals surface area contributed by atoms with Gasteiger partial charge in [-0.2, -0.15) is 0 Å². The van der Waals surface area contributed by atoms with Crippen molar-refractivity contribution in [1.82, 2.24) is 28.9 Å². The number of benzene rings is 3. The molecule has 8 rings (SSSR count). The first-order valence-electron chi connectivity index (χ1n) is 20.9. The number of halogens is 2. The van der Waals surface area contributed by atoms with Gasteiger partial charge in [0.05, 0.1) is 47.1 Å². The van der Waals surface area contributed by atoms with Gasteiger partial charge in [0.2, 0.25) is 0 Å². The zero-order chi connectivity index (χ0) is 43.3. The fourth-order valence-corrected chi connectivity index (χ4v) is 9.58. The Bertz CT molecular complexity index is 2640. The predicted molar refractivity (Wildman–Crippen MR) is 242 cm³/mol. The number of nitrogens with zero attached hydrogens (tertiary/aromatic N) is 7. The number of carbonyl (C=O) groups is 2. The highest BCUT2D eigenvalue weighted by atomic mass is 35.5. The first-order valence-corrected chi connectivity index (χ1v) is 21.7. The van der Waals surface area contributed by atoms with Crippen LogP contribution in [0.25, 0.3) is 32.9 Å². The molecule has 320 valence electrons. The first-order chi connectivity index (χ1) is 29.2. The summed E-state index contributed by atoms with van der Waals surface area (Å²) < 4.78 is 15.9. The molecule has 14 heteroatoms. The van der Waals surface area contributed by atoms with Crippen LogP contribution in [0.15, 0.2) is 48.7 Å². The second-order valence-electron chi connectivity index (χ2n) is 16.6. The topological polar surface area (TPSA) is 118 Å². The lowest BCUT2D eigenvalue weighted by atomic mass is 9.97. The summed E-state index contributed by atoms with van der Waals surface area (Å²) in [5, 5.41) is 12.9. The number of carboxylic acid groups (broad SMARTS) is 1. The number of aryl methyl sites for hydroxylation is 5. The maximum atomic E-state index is 15.4. The van der Waals surface area contributed by atoms with E-state index in [1.54, 1.807) is 25.3 Å². The molecule has 1 saturated heterocycles. The average molecular weight is 867 g/mol. The number of hydrogen-bond donors (Lipinski definition) is 1. The molecular formula is C47H53Cl2N7O5. The lowest BCUT2D eigenvalue weighted by Crippen LogP contribution is -2.44. The van der Waals surface area contributed by atoms with Crippen LogP contribution in [0.2, 0.25) is 10.0 Å². The quantitative estimate of drug-likeness (QED) is 0.114. The Balaban J connectivity index is 1.25. The minimum absolute atomic E-state index is 0.151. The molecule has 0 aliphatic carbocycles. The van der Waals surface area contributed by atoms with Gasteiger partial charge < -0.3 is 33.5 Å².